The van der Waals surface area contributed by atoms with Gasteiger partial charge in [-0.2, -0.15) is 0 Å². The molecule has 1 rings (SSSR count). The van der Waals surface area contributed by atoms with E-state index in [1.165, 1.54) is 5.56 Å². The molecule has 3 heteroatoms. The molecule has 0 aliphatic carbocycles. The van der Waals surface area contributed by atoms with E-state index in [1.807, 2.05) is 25.1 Å². The maximum atomic E-state index is 10.8. The van der Waals surface area contributed by atoms with Gasteiger partial charge in [0.15, 0.2) is 0 Å². The lowest BCUT2D eigenvalue weighted by Gasteiger charge is -2.25. The lowest BCUT2D eigenvalue weighted by atomic mass is 9.84. The number of hydrogen-bond acceptors (Lipinski definition) is 2. The van der Waals surface area contributed by atoms with Gasteiger partial charge in [-0.25, -0.2) is 4.79 Å². The van der Waals surface area contributed by atoms with E-state index in [9.17, 15) is 4.79 Å². The summed E-state index contributed by atoms with van der Waals surface area (Å²) in [6.07, 6.45) is 2.31. The Kier molecular flexibility index (Phi) is 5.77. The molecule has 0 aliphatic heterocycles. The number of carboxylic acids is 1. The smallest absolute Gasteiger partial charge is 0.331 e. The Bertz CT molecular complexity index is 435. The molecular weight excluding hydrogens is 238 g/mol. The first-order chi connectivity index (χ1) is 8.97. The Labute approximate surface area is 115 Å². The van der Waals surface area contributed by atoms with Crippen molar-refractivity contribution in [2.75, 3.05) is 13.1 Å². The van der Waals surface area contributed by atoms with Crippen LogP contribution < -0.4 is 5.32 Å². The van der Waals surface area contributed by atoms with Crippen LogP contribution in [0.25, 0.3) is 0 Å². The van der Waals surface area contributed by atoms with Crippen molar-refractivity contribution >= 4 is 5.97 Å². The number of carbonyl (C=O) groups is 1. The van der Waals surface area contributed by atoms with E-state index in [2.05, 4.69) is 31.3 Å². The Hall–Kier alpha value is -1.61. The third-order valence-corrected chi connectivity index (χ3v) is 3.27. The van der Waals surface area contributed by atoms with Crippen LogP contribution in [0.15, 0.2) is 42.0 Å². The van der Waals surface area contributed by atoms with Gasteiger partial charge in [0.1, 0.15) is 0 Å². The molecule has 0 saturated heterocycles. The van der Waals surface area contributed by atoms with Crippen LogP contribution in [0.3, 0.4) is 0 Å². The van der Waals surface area contributed by atoms with Crippen molar-refractivity contribution in [3.63, 3.8) is 0 Å². The van der Waals surface area contributed by atoms with Crippen LogP contribution in [0, 0.1) is 0 Å². The fourth-order valence-corrected chi connectivity index (χ4v) is 1.95. The van der Waals surface area contributed by atoms with Crippen LogP contribution in [0.2, 0.25) is 0 Å². The van der Waals surface area contributed by atoms with Gasteiger partial charge in [0.25, 0.3) is 0 Å². The zero-order chi connectivity index (χ0) is 14.3. The molecule has 0 spiro atoms. The zero-order valence-electron chi connectivity index (χ0n) is 11.9. The van der Waals surface area contributed by atoms with E-state index in [1.54, 1.807) is 6.08 Å². The van der Waals surface area contributed by atoms with Crippen LogP contribution in [0.1, 0.15) is 32.8 Å². The summed E-state index contributed by atoms with van der Waals surface area (Å²) in [5.74, 6) is -0.827. The van der Waals surface area contributed by atoms with Gasteiger partial charge in [0.05, 0.1) is 0 Å². The predicted octanol–water partition coefficient (Wildman–Crippen LogP) is 2.97. The van der Waals surface area contributed by atoms with Gasteiger partial charge >= 0.3 is 5.97 Å². The first kappa shape index (κ1) is 15.4. The molecule has 0 radical (unpaired) electrons. The average Bonchev–Trinajstić information content (AvgIpc) is 2.39. The summed E-state index contributed by atoms with van der Waals surface area (Å²) >= 11 is 0. The summed E-state index contributed by atoms with van der Waals surface area (Å²) < 4.78 is 0. The minimum absolute atomic E-state index is 0.0324. The molecule has 19 heavy (non-hydrogen) atoms. The van der Waals surface area contributed by atoms with Gasteiger partial charge in [-0.15, -0.1) is 0 Å². The maximum absolute atomic E-state index is 10.8. The van der Waals surface area contributed by atoms with E-state index in [-0.39, 0.29) is 5.41 Å². The predicted molar refractivity (Wildman–Crippen MR) is 78.3 cm³/mol. The number of hydrogen-bond donors (Lipinski definition) is 2. The molecule has 0 amide bonds. The Morgan fingerprint density at radius 3 is 2.47 bits per heavy atom. The monoisotopic (exact) mass is 261 g/mol. The number of carboxylic acid groups (broad SMARTS) is 1. The third-order valence-electron chi connectivity index (χ3n) is 3.27. The lowest BCUT2D eigenvalue weighted by molar-refractivity contribution is -0.132. The number of aliphatic carboxylic acids is 1. The largest absolute Gasteiger partial charge is 0.478 e. The van der Waals surface area contributed by atoms with E-state index in [4.69, 9.17) is 5.11 Å². The van der Waals surface area contributed by atoms with E-state index < -0.39 is 5.97 Å². The highest BCUT2D eigenvalue weighted by molar-refractivity contribution is 5.86. The first-order valence-corrected chi connectivity index (χ1v) is 6.66. The minimum Gasteiger partial charge on any atom is -0.478 e. The van der Waals surface area contributed by atoms with Gasteiger partial charge in [-0.1, -0.05) is 57.2 Å². The van der Waals surface area contributed by atoms with E-state index in [0.717, 1.165) is 6.54 Å². The van der Waals surface area contributed by atoms with Crippen molar-refractivity contribution in [2.24, 2.45) is 0 Å². The second-order valence-corrected chi connectivity index (χ2v) is 5.27. The summed E-state index contributed by atoms with van der Waals surface area (Å²) in [5.41, 5.74) is 1.77. The molecule has 1 aromatic rings. The van der Waals surface area contributed by atoms with Gasteiger partial charge in [0.2, 0.25) is 0 Å². The average molecular weight is 261 g/mol. The van der Waals surface area contributed by atoms with Gasteiger partial charge in [-0.05, 0) is 12.0 Å². The number of benzene rings is 1. The van der Waals surface area contributed by atoms with Crippen LogP contribution in [-0.2, 0) is 10.2 Å². The molecule has 0 aromatic heterocycles. The molecular formula is C16H23NO2. The molecule has 0 bridgehead atoms. The fourth-order valence-electron chi connectivity index (χ4n) is 1.95. The second-order valence-electron chi connectivity index (χ2n) is 5.27. The summed E-state index contributed by atoms with van der Waals surface area (Å²) in [7, 11) is 0. The van der Waals surface area contributed by atoms with Crippen LogP contribution in [0.4, 0.5) is 0 Å². The molecule has 0 aliphatic rings. The normalized spacial score (nSPS) is 12.5. The standard InChI is InChI=1S/C16H23NO2/c1-4-13(15(18)19)10-11-17-12-16(2,3)14-8-6-5-7-9-14/h5-10,17H,4,11-12H2,1-3H3,(H,18,19)/b13-10-. The minimum atomic E-state index is -0.827. The fraction of sp³-hybridized carbons (Fsp3) is 0.438. The first-order valence-electron chi connectivity index (χ1n) is 6.66. The Morgan fingerprint density at radius 1 is 1.32 bits per heavy atom. The van der Waals surface area contributed by atoms with Gasteiger partial charge in [0, 0.05) is 24.1 Å². The third kappa shape index (κ3) is 4.87. The molecule has 0 atom stereocenters. The molecule has 104 valence electrons. The Balaban J connectivity index is 2.51. The summed E-state index contributed by atoms with van der Waals surface area (Å²) in [6.45, 7) is 7.61. The van der Waals surface area contributed by atoms with Crippen molar-refractivity contribution in [3.8, 4) is 0 Å². The van der Waals surface area contributed by atoms with Crippen molar-refractivity contribution in [3.05, 3.63) is 47.5 Å². The molecule has 2 N–H and O–H groups in total. The quantitative estimate of drug-likeness (QED) is 0.586. The zero-order valence-corrected chi connectivity index (χ0v) is 11.9. The van der Waals surface area contributed by atoms with Crippen molar-refractivity contribution in [2.45, 2.75) is 32.6 Å². The van der Waals surface area contributed by atoms with Crippen LogP contribution in [0.5, 0.6) is 0 Å². The Morgan fingerprint density at radius 2 is 1.95 bits per heavy atom. The van der Waals surface area contributed by atoms with Crippen LogP contribution >= 0.6 is 0 Å². The second kappa shape index (κ2) is 7.10. The lowest BCUT2D eigenvalue weighted by Crippen LogP contribution is -2.33. The maximum Gasteiger partial charge on any atom is 0.331 e. The van der Waals surface area contributed by atoms with Crippen molar-refractivity contribution in [1.29, 1.82) is 0 Å². The molecule has 0 heterocycles. The molecule has 0 unspecified atom stereocenters. The SMILES string of the molecule is CC/C(=C/CNCC(C)(C)c1ccccc1)C(=O)O. The highest BCUT2D eigenvalue weighted by Gasteiger charge is 2.19. The molecule has 1 aromatic carbocycles. The van der Waals surface area contributed by atoms with Crippen LogP contribution in [-0.4, -0.2) is 24.2 Å². The summed E-state index contributed by atoms with van der Waals surface area (Å²) in [4.78, 5) is 10.8. The van der Waals surface area contributed by atoms with Gasteiger partial charge in [-0.3, -0.25) is 0 Å². The highest BCUT2D eigenvalue weighted by Crippen LogP contribution is 2.21. The topological polar surface area (TPSA) is 49.3 Å². The summed E-state index contributed by atoms with van der Waals surface area (Å²) in [5, 5.41) is 12.2. The number of rotatable bonds is 7. The van der Waals surface area contributed by atoms with Gasteiger partial charge < -0.3 is 10.4 Å². The van der Waals surface area contributed by atoms with Crippen molar-refractivity contribution < 1.29 is 9.90 Å². The summed E-state index contributed by atoms with van der Waals surface area (Å²) in [6, 6.07) is 10.3. The number of nitrogens with one attached hydrogen (secondary N) is 1. The molecule has 3 nitrogen and oxygen atoms in total. The molecule has 0 fully saturated rings. The van der Waals surface area contributed by atoms with Crippen molar-refractivity contribution in [1.82, 2.24) is 5.32 Å². The van der Waals surface area contributed by atoms with E-state index in [0.29, 0.717) is 18.5 Å². The molecule has 0 saturated carbocycles. The highest BCUT2D eigenvalue weighted by atomic mass is 16.4. The van der Waals surface area contributed by atoms with E-state index >= 15 is 0 Å².